The maximum Gasteiger partial charge on any atom is 0.331 e. The molecule has 7 heteroatoms. The summed E-state index contributed by atoms with van der Waals surface area (Å²) < 4.78 is 24.1. The van der Waals surface area contributed by atoms with E-state index in [9.17, 15) is 18.3 Å². The highest BCUT2D eigenvalue weighted by atomic mass is 32.2. The van der Waals surface area contributed by atoms with Gasteiger partial charge in [-0.25, -0.2) is 13.2 Å². The summed E-state index contributed by atoms with van der Waals surface area (Å²) in [7, 11) is -3.35. The maximum absolute atomic E-state index is 11.5. The van der Waals surface area contributed by atoms with E-state index >= 15 is 0 Å². The smallest absolute Gasteiger partial charge is 0.331 e. The van der Waals surface area contributed by atoms with Gasteiger partial charge in [-0.15, -0.1) is 0 Å². The van der Waals surface area contributed by atoms with Crippen molar-refractivity contribution in [3.05, 3.63) is 12.4 Å². The van der Waals surface area contributed by atoms with Gasteiger partial charge in [0.2, 0.25) is 0 Å². The summed E-state index contributed by atoms with van der Waals surface area (Å²) in [4.78, 5) is 11.6. The zero-order chi connectivity index (χ0) is 13.4. The SMILES string of the molecule is CS(=O)(=O)c1cnn(C2(C(=O)O)CCCCC2)c1. The summed E-state index contributed by atoms with van der Waals surface area (Å²) in [5, 5.41) is 13.4. The molecule has 1 aromatic heterocycles. The largest absolute Gasteiger partial charge is 0.479 e. The molecule has 0 radical (unpaired) electrons. The number of carboxylic acids is 1. The molecule has 1 aliphatic rings. The number of aromatic nitrogens is 2. The Morgan fingerprint density at radius 3 is 2.44 bits per heavy atom. The highest BCUT2D eigenvalue weighted by Gasteiger charge is 2.42. The molecule has 1 saturated carbocycles. The van der Waals surface area contributed by atoms with Gasteiger partial charge >= 0.3 is 5.97 Å². The van der Waals surface area contributed by atoms with E-state index in [2.05, 4.69) is 5.10 Å². The Bertz CT molecular complexity index is 555. The molecule has 0 amide bonds. The van der Waals surface area contributed by atoms with Gasteiger partial charge < -0.3 is 5.11 Å². The molecule has 0 unspecified atom stereocenters. The predicted octanol–water partition coefficient (Wildman–Crippen LogP) is 1.03. The Labute approximate surface area is 106 Å². The molecule has 100 valence electrons. The maximum atomic E-state index is 11.5. The van der Waals surface area contributed by atoms with Crippen molar-refractivity contribution in [1.29, 1.82) is 0 Å². The van der Waals surface area contributed by atoms with Crippen LogP contribution in [0.1, 0.15) is 32.1 Å². The Morgan fingerprint density at radius 2 is 2.00 bits per heavy atom. The monoisotopic (exact) mass is 272 g/mol. The Morgan fingerprint density at radius 1 is 1.39 bits per heavy atom. The van der Waals surface area contributed by atoms with Crippen LogP contribution in [0.4, 0.5) is 0 Å². The minimum atomic E-state index is -3.35. The van der Waals surface area contributed by atoms with Crippen molar-refractivity contribution in [3.8, 4) is 0 Å². The number of hydrogen-bond acceptors (Lipinski definition) is 4. The van der Waals surface area contributed by atoms with E-state index in [1.807, 2.05) is 0 Å². The van der Waals surface area contributed by atoms with Gasteiger partial charge in [0.1, 0.15) is 4.90 Å². The molecule has 18 heavy (non-hydrogen) atoms. The average Bonchev–Trinajstić information content (AvgIpc) is 2.79. The second kappa shape index (κ2) is 4.38. The lowest BCUT2D eigenvalue weighted by Crippen LogP contribution is -2.44. The summed E-state index contributed by atoms with van der Waals surface area (Å²) in [6, 6.07) is 0. The third-order valence-corrected chi connectivity index (χ3v) is 4.57. The Kier molecular flexibility index (Phi) is 3.18. The van der Waals surface area contributed by atoms with Gasteiger partial charge in [0.05, 0.1) is 6.20 Å². The predicted molar refractivity (Wildman–Crippen MR) is 64.0 cm³/mol. The number of nitrogens with zero attached hydrogens (tertiary/aromatic N) is 2. The molecule has 0 aliphatic heterocycles. The first-order chi connectivity index (χ1) is 8.36. The Balaban J connectivity index is 2.44. The lowest BCUT2D eigenvalue weighted by Gasteiger charge is -2.33. The van der Waals surface area contributed by atoms with Crippen molar-refractivity contribution in [1.82, 2.24) is 9.78 Å². The standard InChI is InChI=1S/C11H16N2O4S/c1-18(16,17)9-7-12-13(8-9)11(10(14)15)5-3-2-4-6-11/h7-8H,2-6H2,1H3,(H,14,15). The van der Waals surface area contributed by atoms with Crippen LogP contribution in [-0.2, 0) is 20.2 Å². The molecule has 0 aromatic carbocycles. The number of rotatable bonds is 3. The summed E-state index contributed by atoms with van der Waals surface area (Å²) >= 11 is 0. The lowest BCUT2D eigenvalue weighted by atomic mass is 9.82. The number of aliphatic carboxylic acids is 1. The van der Waals surface area contributed by atoms with E-state index in [0.717, 1.165) is 25.5 Å². The molecule has 1 fully saturated rings. The van der Waals surface area contributed by atoms with Gasteiger partial charge in [-0.1, -0.05) is 19.3 Å². The molecule has 1 aliphatic carbocycles. The van der Waals surface area contributed by atoms with Crippen molar-refractivity contribution < 1.29 is 18.3 Å². The molecule has 0 bridgehead atoms. The van der Waals surface area contributed by atoms with Crippen molar-refractivity contribution in [3.63, 3.8) is 0 Å². The third kappa shape index (κ3) is 2.14. The van der Waals surface area contributed by atoms with Crippen LogP contribution in [0.2, 0.25) is 0 Å². The van der Waals surface area contributed by atoms with Crippen molar-refractivity contribution >= 4 is 15.8 Å². The molecule has 1 N–H and O–H groups in total. The fourth-order valence-corrected chi connectivity index (χ4v) is 2.94. The number of carbonyl (C=O) groups is 1. The lowest BCUT2D eigenvalue weighted by molar-refractivity contribution is -0.150. The van der Waals surface area contributed by atoms with Gasteiger partial charge in [0.15, 0.2) is 15.4 Å². The molecule has 1 heterocycles. The van der Waals surface area contributed by atoms with E-state index in [0.29, 0.717) is 12.8 Å². The zero-order valence-corrected chi connectivity index (χ0v) is 11.0. The van der Waals surface area contributed by atoms with Crippen molar-refractivity contribution in [2.24, 2.45) is 0 Å². The summed E-state index contributed by atoms with van der Waals surface area (Å²) in [5.41, 5.74) is -1.08. The van der Waals surface area contributed by atoms with Gasteiger partial charge in [-0.05, 0) is 12.8 Å². The van der Waals surface area contributed by atoms with E-state index in [1.165, 1.54) is 17.1 Å². The molecule has 0 spiro atoms. The highest BCUT2D eigenvalue weighted by molar-refractivity contribution is 7.90. The molecule has 0 atom stereocenters. The van der Waals surface area contributed by atoms with E-state index in [1.54, 1.807) is 0 Å². The second-order valence-corrected chi connectivity index (χ2v) is 6.81. The molecule has 2 rings (SSSR count). The Hall–Kier alpha value is -1.37. The highest BCUT2D eigenvalue weighted by Crippen LogP contribution is 2.35. The van der Waals surface area contributed by atoms with Crippen LogP contribution >= 0.6 is 0 Å². The molecule has 1 aromatic rings. The van der Waals surface area contributed by atoms with Crippen LogP contribution in [0.15, 0.2) is 17.3 Å². The fraction of sp³-hybridized carbons (Fsp3) is 0.636. The van der Waals surface area contributed by atoms with Gasteiger partial charge in [-0.3, -0.25) is 4.68 Å². The first kappa shape index (κ1) is 13.1. The van der Waals surface area contributed by atoms with Crippen LogP contribution in [0.3, 0.4) is 0 Å². The van der Waals surface area contributed by atoms with Crippen LogP contribution < -0.4 is 0 Å². The fourth-order valence-electron chi connectivity index (χ4n) is 2.41. The van der Waals surface area contributed by atoms with Gasteiger partial charge in [-0.2, -0.15) is 5.10 Å². The number of sulfone groups is 1. The summed E-state index contributed by atoms with van der Waals surface area (Å²) in [6.45, 7) is 0. The first-order valence-electron chi connectivity index (χ1n) is 5.85. The third-order valence-electron chi connectivity index (χ3n) is 3.50. The minimum Gasteiger partial charge on any atom is -0.479 e. The molecule has 6 nitrogen and oxygen atoms in total. The van der Waals surface area contributed by atoms with Crippen molar-refractivity contribution in [2.75, 3.05) is 6.26 Å². The topological polar surface area (TPSA) is 89.3 Å². The average molecular weight is 272 g/mol. The van der Waals surface area contributed by atoms with Crippen LogP contribution in [0.25, 0.3) is 0 Å². The summed E-state index contributed by atoms with van der Waals surface area (Å²) in [6.07, 6.45) is 7.27. The van der Waals surface area contributed by atoms with Gasteiger partial charge in [0, 0.05) is 12.5 Å². The molecule has 0 saturated heterocycles. The van der Waals surface area contributed by atoms with Crippen LogP contribution in [0, 0.1) is 0 Å². The molecular weight excluding hydrogens is 256 g/mol. The number of carboxylic acid groups (broad SMARTS) is 1. The van der Waals surface area contributed by atoms with E-state index < -0.39 is 21.3 Å². The van der Waals surface area contributed by atoms with Crippen LogP contribution in [0.5, 0.6) is 0 Å². The number of hydrogen-bond donors (Lipinski definition) is 1. The minimum absolute atomic E-state index is 0.0636. The first-order valence-corrected chi connectivity index (χ1v) is 7.74. The van der Waals surface area contributed by atoms with Gasteiger partial charge in [0.25, 0.3) is 0 Å². The van der Waals surface area contributed by atoms with E-state index in [4.69, 9.17) is 0 Å². The second-order valence-electron chi connectivity index (χ2n) is 4.79. The summed E-state index contributed by atoms with van der Waals surface area (Å²) in [5.74, 6) is -0.939. The molecular formula is C11H16N2O4S. The van der Waals surface area contributed by atoms with E-state index in [-0.39, 0.29) is 4.90 Å². The quantitative estimate of drug-likeness (QED) is 0.887. The van der Waals surface area contributed by atoms with Crippen molar-refractivity contribution in [2.45, 2.75) is 42.5 Å². The normalized spacial score (nSPS) is 19.6. The van der Waals surface area contributed by atoms with Crippen LogP contribution in [-0.4, -0.2) is 35.5 Å². The zero-order valence-electron chi connectivity index (χ0n) is 10.2.